The number of benzene rings is 1. The molecule has 0 spiro atoms. The average molecular weight is 290 g/mol. The summed E-state index contributed by atoms with van der Waals surface area (Å²) >= 11 is 6.05. The van der Waals surface area contributed by atoms with Crippen molar-refractivity contribution in [3.63, 3.8) is 0 Å². The van der Waals surface area contributed by atoms with Gasteiger partial charge in [-0.15, -0.1) is 0 Å². The lowest BCUT2D eigenvalue weighted by Crippen LogP contribution is -2.22. The number of hydrogen-bond acceptors (Lipinski definition) is 3. The molecule has 0 aliphatic carbocycles. The Balaban J connectivity index is 2.04. The molecule has 1 atom stereocenters. The summed E-state index contributed by atoms with van der Waals surface area (Å²) in [6.45, 7) is 3.03. The second-order valence-electron chi connectivity index (χ2n) is 4.95. The summed E-state index contributed by atoms with van der Waals surface area (Å²) in [7, 11) is 3.98. The number of rotatable bonds is 5. The molecule has 0 fully saturated rings. The minimum atomic E-state index is 0.303. The number of halogens is 1. The van der Waals surface area contributed by atoms with Crippen molar-refractivity contribution in [3.05, 3.63) is 58.7 Å². The maximum Gasteiger partial charge on any atom is 0.125 e. The molecule has 106 valence electrons. The second kappa shape index (κ2) is 6.73. The minimum absolute atomic E-state index is 0.303. The molecule has 1 N–H and O–H groups in total. The minimum Gasteiger partial charge on any atom is -0.373 e. The molecule has 1 aromatic heterocycles. The number of anilines is 1. The molecule has 20 heavy (non-hydrogen) atoms. The van der Waals surface area contributed by atoms with E-state index >= 15 is 0 Å². The van der Waals surface area contributed by atoms with Gasteiger partial charge in [0.2, 0.25) is 0 Å². The van der Waals surface area contributed by atoms with Gasteiger partial charge in [-0.3, -0.25) is 4.90 Å². The number of nitrogens with zero attached hydrogens (tertiary/aromatic N) is 2. The van der Waals surface area contributed by atoms with Crippen LogP contribution in [0.4, 0.5) is 5.82 Å². The number of nitrogens with one attached hydrogen (secondary N) is 1. The van der Waals surface area contributed by atoms with Crippen LogP contribution in [0.1, 0.15) is 24.1 Å². The van der Waals surface area contributed by atoms with Crippen molar-refractivity contribution < 1.29 is 0 Å². The SMILES string of the molecule is CNc1ccc(CN(C)C(C)c2cccc(Cl)c2)cn1. The molecule has 0 aliphatic heterocycles. The molecule has 1 aromatic carbocycles. The molecule has 0 bridgehead atoms. The molecule has 2 aromatic rings. The van der Waals surface area contributed by atoms with Crippen molar-refractivity contribution in [1.82, 2.24) is 9.88 Å². The topological polar surface area (TPSA) is 28.2 Å². The van der Waals surface area contributed by atoms with E-state index in [1.165, 1.54) is 11.1 Å². The lowest BCUT2D eigenvalue weighted by atomic mass is 10.1. The first kappa shape index (κ1) is 14.8. The van der Waals surface area contributed by atoms with Gasteiger partial charge in [0.05, 0.1) is 0 Å². The number of pyridine rings is 1. The zero-order valence-corrected chi connectivity index (χ0v) is 12.9. The predicted molar refractivity (Wildman–Crippen MR) is 85.1 cm³/mol. The Labute approximate surface area is 125 Å². The highest BCUT2D eigenvalue weighted by atomic mass is 35.5. The zero-order valence-electron chi connectivity index (χ0n) is 12.1. The van der Waals surface area contributed by atoms with Crippen LogP contribution in [0.3, 0.4) is 0 Å². The van der Waals surface area contributed by atoms with Crippen LogP contribution in [-0.2, 0) is 6.54 Å². The smallest absolute Gasteiger partial charge is 0.125 e. The summed E-state index contributed by atoms with van der Waals surface area (Å²) in [6, 6.07) is 12.4. The van der Waals surface area contributed by atoms with Gasteiger partial charge < -0.3 is 5.32 Å². The van der Waals surface area contributed by atoms with Crippen molar-refractivity contribution in [3.8, 4) is 0 Å². The molecule has 4 heteroatoms. The first-order valence-corrected chi connectivity index (χ1v) is 7.06. The quantitative estimate of drug-likeness (QED) is 0.903. The van der Waals surface area contributed by atoms with Crippen LogP contribution in [0.25, 0.3) is 0 Å². The van der Waals surface area contributed by atoms with Gasteiger partial charge in [-0.1, -0.05) is 29.8 Å². The van der Waals surface area contributed by atoms with Crippen molar-refractivity contribution in [1.29, 1.82) is 0 Å². The Kier molecular flexibility index (Phi) is 4.99. The van der Waals surface area contributed by atoms with E-state index in [0.717, 1.165) is 17.4 Å². The van der Waals surface area contributed by atoms with Crippen LogP contribution >= 0.6 is 11.6 Å². The van der Waals surface area contributed by atoms with E-state index in [-0.39, 0.29) is 0 Å². The van der Waals surface area contributed by atoms with E-state index in [4.69, 9.17) is 11.6 Å². The lowest BCUT2D eigenvalue weighted by molar-refractivity contribution is 0.253. The van der Waals surface area contributed by atoms with E-state index in [2.05, 4.69) is 41.3 Å². The molecular weight excluding hydrogens is 270 g/mol. The largest absolute Gasteiger partial charge is 0.373 e. The van der Waals surface area contributed by atoms with Gasteiger partial charge in [0.25, 0.3) is 0 Å². The fourth-order valence-corrected chi connectivity index (χ4v) is 2.31. The zero-order chi connectivity index (χ0) is 14.5. The van der Waals surface area contributed by atoms with Crippen LogP contribution in [0, 0.1) is 0 Å². The van der Waals surface area contributed by atoms with Gasteiger partial charge in [-0.2, -0.15) is 0 Å². The molecule has 2 rings (SSSR count). The van der Waals surface area contributed by atoms with E-state index < -0.39 is 0 Å². The molecule has 3 nitrogen and oxygen atoms in total. The Morgan fingerprint density at radius 3 is 2.70 bits per heavy atom. The third kappa shape index (κ3) is 3.71. The van der Waals surface area contributed by atoms with Crippen molar-refractivity contribution in [2.75, 3.05) is 19.4 Å². The summed E-state index contributed by atoms with van der Waals surface area (Å²) in [5.74, 6) is 0.888. The van der Waals surface area contributed by atoms with Gasteiger partial charge in [0.15, 0.2) is 0 Å². The van der Waals surface area contributed by atoms with Crippen molar-refractivity contribution in [2.45, 2.75) is 19.5 Å². The first-order valence-electron chi connectivity index (χ1n) is 6.68. The summed E-state index contributed by atoms with van der Waals surface area (Å²) in [4.78, 5) is 6.62. The van der Waals surface area contributed by atoms with Crippen molar-refractivity contribution in [2.24, 2.45) is 0 Å². The third-order valence-corrected chi connectivity index (χ3v) is 3.74. The Morgan fingerprint density at radius 2 is 2.10 bits per heavy atom. The van der Waals surface area contributed by atoms with Crippen LogP contribution in [0.2, 0.25) is 5.02 Å². The van der Waals surface area contributed by atoms with Gasteiger partial charge in [-0.05, 0) is 43.3 Å². The molecular formula is C16H20ClN3. The summed E-state index contributed by atoms with van der Waals surface area (Å²) in [5.41, 5.74) is 2.42. The van der Waals surface area contributed by atoms with Gasteiger partial charge in [0.1, 0.15) is 5.82 Å². The highest BCUT2D eigenvalue weighted by Gasteiger charge is 2.12. The molecule has 1 heterocycles. The highest BCUT2D eigenvalue weighted by molar-refractivity contribution is 6.30. The Hall–Kier alpha value is -1.58. The Morgan fingerprint density at radius 1 is 1.30 bits per heavy atom. The fraction of sp³-hybridized carbons (Fsp3) is 0.312. The maximum atomic E-state index is 6.05. The van der Waals surface area contributed by atoms with Crippen molar-refractivity contribution >= 4 is 17.4 Å². The van der Waals surface area contributed by atoms with Crippen LogP contribution < -0.4 is 5.32 Å². The van der Waals surface area contributed by atoms with Gasteiger partial charge >= 0.3 is 0 Å². The van der Waals surface area contributed by atoms with E-state index in [9.17, 15) is 0 Å². The van der Waals surface area contributed by atoms with Crippen LogP contribution in [0.15, 0.2) is 42.6 Å². The number of hydrogen-bond donors (Lipinski definition) is 1. The molecule has 1 unspecified atom stereocenters. The molecule has 0 radical (unpaired) electrons. The molecule has 0 saturated carbocycles. The fourth-order valence-electron chi connectivity index (χ4n) is 2.11. The predicted octanol–water partition coefficient (Wildman–Crippen LogP) is 3.97. The Bertz CT molecular complexity index is 554. The maximum absolute atomic E-state index is 6.05. The summed E-state index contributed by atoms with van der Waals surface area (Å²) in [6.07, 6.45) is 1.91. The van der Waals surface area contributed by atoms with E-state index in [1.807, 2.05) is 37.5 Å². The second-order valence-corrected chi connectivity index (χ2v) is 5.38. The monoisotopic (exact) mass is 289 g/mol. The van der Waals surface area contributed by atoms with E-state index in [1.54, 1.807) is 0 Å². The van der Waals surface area contributed by atoms with Gasteiger partial charge in [-0.25, -0.2) is 4.98 Å². The van der Waals surface area contributed by atoms with E-state index in [0.29, 0.717) is 6.04 Å². The van der Waals surface area contributed by atoms with Gasteiger partial charge in [0, 0.05) is 30.9 Å². The number of aromatic nitrogens is 1. The molecule has 0 saturated heterocycles. The average Bonchev–Trinajstić information content (AvgIpc) is 2.47. The lowest BCUT2D eigenvalue weighted by Gasteiger charge is -2.25. The standard InChI is InChI=1S/C16H20ClN3/c1-12(14-5-4-6-15(17)9-14)20(3)11-13-7-8-16(18-2)19-10-13/h4-10,12H,11H2,1-3H3,(H,18,19). The van der Waals surface area contributed by atoms with Crippen LogP contribution in [-0.4, -0.2) is 24.0 Å². The summed E-state index contributed by atoms with van der Waals surface area (Å²) in [5, 5.41) is 3.80. The molecule has 0 amide bonds. The first-order chi connectivity index (χ1) is 9.60. The third-order valence-electron chi connectivity index (χ3n) is 3.51. The summed E-state index contributed by atoms with van der Waals surface area (Å²) < 4.78 is 0. The highest BCUT2D eigenvalue weighted by Crippen LogP contribution is 2.23. The normalized spacial score (nSPS) is 12.4. The molecule has 0 aliphatic rings. The van der Waals surface area contributed by atoms with Crippen LogP contribution in [0.5, 0.6) is 0 Å².